The molecule has 6 heteroatoms. The van der Waals surface area contributed by atoms with E-state index in [4.69, 9.17) is 11.6 Å². The molecule has 0 aliphatic heterocycles. The number of anilines is 2. The van der Waals surface area contributed by atoms with Crippen LogP contribution in [0.2, 0.25) is 5.02 Å². The van der Waals surface area contributed by atoms with Crippen molar-refractivity contribution in [3.05, 3.63) is 58.6 Å². The van der Waals surface area contributed by atoms with Gasteiger partial charge in [-0.3, -0.25) is 9.59 Å². The van der Waals surface area contributed by atoms with Crippen LogP contribution < -0.4 is 15.5 Å². The number of amides is 2. The maximum Gasteiger partial charge on any atom is 0.313 e. The highest BCUT2D eigenvalue weighted by Gasteiger charge is 2.15. The fourth-order valence-electron chi connectivity index (χ4n) is 2.65. The number of nitrogens with one attached hydrogen (secondary N) is 2. The number of nitrogens with zero attached hydrogens (tertiary/aromatic N) is 1. The van der Waals surface area contributed by atoms with Crippen molar-refractivity contribution in [2.75, 3.05) is 23.3 Å². The van der Waals surface area contributed by atoms with Gasteiger partial charge in [-0.2, -0.15) is 0 Å². The zero-order chi connectivity index (χ0) is 19.1. The lowest BCUT2D eigenvalue weighted by atomic mass is 10.1. The Morgan fingerprint density at radius 1 is 1.04 bits per heavy atom. The number of hydrogen-bond donors (Lipinski definition) is 2. The second-order valence-corrected chi connectivity index (χ2v) is 6.31. The van der Waals surface area contributed by atoms with Crippen LogP contribution >= 0.6 is 11.6 Å². The van der Waals surface area contributed by atoms with Crippen LogP contribution in [0.15, 0.2) is 42.5 Å². The van der Waals surface area contributed by atoms with Crippen molar-refractivity contribution in [1.82, 2.24) is 5.32 Å². The predicted molar refractivity (Wildman–Crippen MR) is 107 cm³/mol. The summed E-state index contributed by atoms with van der Waals surface area (Å²) >= 11 is 6.05. The molecule has 2 N–H and O–H groups in total. The molecular weight excluding hydrogens is 350 g/mol. The fraction of sp³-hybridized carbons (Fsp3) is 0.300. The molecule has 5 nitrogen and oxygen atoms in total. The maximum absolute atomic E-state index is 12.1. The van der Waals surface area contributed by atoms with E-state index in [-0.39, 0.29) is 6.54 Å². The third-order valence-corrected chi connectivity index (χ3v) is 4.56. The van der Waals surface area contributed by atoms with Crippen LogP contribution in [0.5, 0.6) is 0 Å². The van der Waals surface area contributed by atoms with E-state index in [9.17, 15) is 9.59 Å². The Balaban J connectivity index is 1.98. The van der Waals surface area contributed by atoms with Crippen molar-refractivity contribution in [1.29, 1.82) is 0 Å². The summed E-state index contributed by atoms with van der Waals surface area (Å²) in [6.45, 7) is 8.12. The summed E-state index contributed by atoms with van der Waals surface area (Å²) in [5, 5.41) is 5.80. The molecular formula is C20H24ClN3O2. The summed E-state index contributed by atoms with van der Waals surface area (Å²) in [6, 6.07) is 12.9. The van der Waals surface area contributed by atoms with Crippen LogP contribution in [0.4, 0.5) is 11.4 Å². The molecule has 2 aromatic carbocycles. The monoisotopic (exact) mass is 373 g/mol. The second kappa shape index (κ2) is 9.25. The van der Waals surface area contributed by atoms with E-state index < -0.39 is 11.8 Å². The van der Waals surface area contributed by atoms with Crippen LogP contribution in [0.25, 0.3) is 0 Å². The molecule has 0 unspecified atom stereocenters. The molecule has 0 radical (unpaired) electrons. The average molecular weight is 374 g/mol. The van der Waals surface area contributed by atoms with Crippen LogP contribution in [-0.2, 0) is 16.1 Å². The minimum atomic E-state index is -0.698. The van der Waals surface area contributed by atoms with Crippen molar-refractivity contribution in [2.24, 2.45) is 0 Å². The van der Waals surface area contributed by atoms with Crippen molar-refractivity contribution in [2.45, 2.75) is 27.3 Å². The van der Waals surface area contributed by atoms with Crippen molar-refractivity contribution < 1.29 is 9.59 Å². The fourth-order valence-corrected chi connectivity index (χ4v) is 2.85. The number of halogens is 1. The standard InChI is InChI=1S/C20H24ClN3O2/c1-4-24(5-2)16-10-11-18(14(3)12-16)23-20(26)19(25)22-13-15-8-6-7-9-17(15)21/h6-12H,4-5,13H2,1-3H3,(H,22,25)(H,23,26). The first-order valence-electron chi connectivity index (χ1n) is 8.64. The minimum absolute atomic E-state index is 0.200. The molecule has 26 heavy (non-hydrogen) atoms. The van der Waals surface area contributed by atoms with Crippen LogP contribution in [0.3, 0.4) is 0 Å². The van der Waals surface area contributed by atoms with E-state index in [2.05, 4.69) is 29.4 Å². The molecule has 2 aromatic rings. The Kier molecular flexibility index (Phi) is 7.04. The van der Waals surface area contributed by atoms with Gasteiger partial charge in [-0.05, 0) is 56.2 Å². The number of hydrogen-bond acceptors (Lipinski definition) is 3. The molecule has 0 aliphatic rings. The third-order valence-electron chi connectivity index (χ3n) is 4.19. The number of benzene rings is 2. The van der Waals surface area contributed by atoms with Gasteiger partial charge in [0.15, 0.2) is 0 Å². The van der Waals surface area contributed by atoms with Gasteiger partial charge in [0.1, 0.15) is 0 Å². The molecule has 0 fully saturated rings. The third kappa shape index (κ3) is 4.99. The van der Waals surface area contributed by atoms with E-state index in [1.54, 1.807) is 12.1 Å². The van der Waals surface area contributed by atoms with Gasteiger partial charge in [0.05, 0.1) is 0 Å². The maximum atomic E-state index is 12.1. The van der Waals surface area contributed by atoms with Gasteiger partial charge in [-0.25, -0.2) is 0 Å². The van der Waals surface area contributed by atoms with Gasteiger partial charge < -0.3 is 15.5 Å². The second-order valence-electron chi connectivity index (χ2n) is 5.90. The summed E-state index contributed by atoms with van der Waals surface area (Å²) in [5.74, 6) is -1.40. The van der Waals surface area contributed by atoms with Crippen LogP contribution in [0.1, 0.15) is 25.0 Å². The molecule has 0 saturated heterocycles. The number of carbonyl (C=O) groups is 2. The average Bonchev–Trinajstić information content (AvgIpc) is 2.63. The summed E-state index contributed by atoms with van der Waals surface area (Å²) in [6.07, 6.45) is 0. The van der Waals surface area contributed by atoms with E-state index in [1.165, 1.54) is 0 Å². The first-order valence-corrected chi connectivity index (χ1v) is 9.02. The van der Waals surface area contributed by atoms with Crippen molar-refractivity contribution in [3.8, 4) is 0 Å². The highest BCUT2D eigenvalue weighted by Crippen LogP contribution is 2.22. The Hall–Kier alpha value is -2.53. The summed E-state index contributed by atoms with van der Waals surface area (Å²) in [4.78, 5) is 26.4. The lowest BCUT2D eigenvalue weighted by molar-refractivity contribution is -0.136. The molecule has 138 valence electrons. The zero-order valence-corrected chi connectivity index (χ0v) is 16.1. The van der Waals surface area contributed by atoms with E-state index in [1.807, 2.05) is 37.3 Å². The molecule has 0 saturated carbocycles. The number of aryl methyl sites for hydroxylation is 1. The SMILES string of the molecule is CCN(CC)c1ccc(NC(=O)C(=O)NCc2ccccc2Cl)c(C)c1. The quantitative estimate of drug-likeness (QED) is 0.758. The number of carbonyl (C=O) groups excluding carboxylic acids is 2. The van der Waals surface area contributed by atoms with E-state index >= 15 is 0 Å². The van der Waals surface area contributed by atoms with E-state index in [0.717, 1.165) is 29.9 Å². The summed E-state index contributed by atoms with van der Waals surface area (Å²) in [7, 11) is 0. The normalized spacial score (nSPS) is 10.3. The zero-order valence-electron chi connectivity index (χ0n) is 15.3. The van der Waals surface area contributed by atoms with Crippen LogP contribution in [-0.4, -0.2) is 24.9 Å². The molecule has 0 heterocycles. The van der Waals surface area contributed by atoms with Crippen molar-refractivity contribution in [3.63, 3.8) is 0 Å². The highest BCUT2D eigenvalue weighted by molar-refractivity contribution is 6.39. The van der Waals surface area contributed by atoms with Gasteiger partial charge in [-0.15, -0.1) is 0 Å². The molecule has 0 spiro atoms. The van der Waals surface area contributed by atoms with Crippen molar-refractivity contribution >= 4 is 34.8 Å². The van der Waals surface area contributed by atoms with Gasteiger partial charge in [-0.1, -0.05) is 29.8 Å². The Bertz CT molecular complexity index is 788. The lowest BCUT2D eigenvalue weighted by Crippen LogP contribution is -2.35. The molecule has 2 rings (SSSR count). The molecule has 2 amide bonds. The summed E-state index contributed by atoms with van der Waals surface area (Å²) < 4.78 is 0. The molecule has 0 bridgehead atoms. The topological polar surface area (TPSA) is 61.4 Å². The Labute approximate surface area is 159 Å². The smallest absolute Gasteiger partial charge is 0.313 e. The van der Waals surface area contributed by atoms with Gasteiger partial charge in [0, 0.05) is 36.0 Å². The molecule has 0 aromatic heterocycles. The van der Waals surface area contributed by atoms with Gasteiger partial charge >= 0.3 is 11.8 Å². The molecule has 0 aliphatic carbocycles. The van der Waals surface area contributed by atoms with Crippen LogP contribution in [0, 0.1) is 6.92 Å². The highest BCUT2D eigenvalue weighted by atomic mass is 35.5. The van der Waals surface area contributed by atoms with Gasteiger partial charge in [0.2, 0.25) is 0 Å². The predicted octanol–water partition coefficient (Wildman–Crippen LogP) is 3.75. The van der Waals surface area contributed by atoms with Gasteiger partial charge in [0.25, 0.3) is 0 Å². The first-order chi connectivity index (χ1) is 12.5. The minimum Gasteiger partial charge on any atom is -0.372 e. The largest absolute Gasteiger partial charge is 0.372 e. The first kappa shape index (κ1) is 19.8. The van der Waals surface area contributed by atoms with E-state index in [0.29, 0.717) is 10.7 Å². The molecule has 0 atom stereocenters. The Morgan fingerprint density at radius 3 is 2.35 bits per heavy atom. The lowest BCUT2D eigenvalue weighted by Gasteiger charge is -2.22. The summed E-state index contributed by atoms with van der Waals surface area (Å²) in [5.41, 5.74) is 3.38. The Morgan fingerprint density at radius 2 is 1.73 bits per heavy atom. The number of rotatable bonds is 6.